The molecule has 0 saturated carbocycles. The number of nitrogens with one attached hydrogen (secondary N) is 3. The van der Waals surface area contributed by atoms with E-state index in [0.29, 0.717) is 18.5 Å². The molecule has 5 N–H and O–H groups in total. The summed E-state index contributed by atoms with van der Waals surface area (Å²) in [6.07, 6.45) is 6.02. The van der Waals surface area contributed by atoms with Crippen molar-refractivity contribution in [1.82, 2.24) is 10.6 Å². The average Bonchev–Trinajstić information content (AvgIpc) is 2.92. The SMILES string of the molecule is CC(C)C(=O)OCc1ccc(NC(=O)[C@H](CCCNC(N)=O)CC(=O)[C@@H](N[C-]=O)C(C)C)cc1.CC(C)[C-]=O.C[CH-]C.[CH3-].[CH3-].[CH3-].[Y].[Y].[Y]. The first-order valence-corrected chi connectivity index (χ1v) is 14.1. The summed E-state index contributed by atoms with van der Waals surface area (Å²) >= 11 is 0. The fraction of sp³-hybridized carbons (Fsp3) is 0.529. The largest absolute Gasteiger partial charge is 0.542 e. The Morgan fingerprint density at radius 1 is 0.896 bits per heavy atom. The van der Waals surface area contributed by atoms with Gasteiger partial charge in [-0.2, -0.15) is 20.3 Å². The van der Waals surface area contributed by atoms with Gasteiger partial charge in [0.2, 0.25) is 5.91 Å². The van der Waals surface area contributed by atoms with Crippen LogP contribution in [0.25, 0.3) is 0 Å². The van der Waals surface area contributed by atoms with Crippen molar-refractivity contribution in [2.45, 2.75) is 87.3 Å². The number of benzene rings is 1. The van der Waals surface area contributed by atoms with Crippen LogP contribution in [0.15, 0.2) is 24.3 Å². The summed E-state index contributed by atoms with van der Waals surface area (Å²) in [6, 6.07) is 5.43. The van der Waals surface area contributed by atoms with Crippen molar-refractivity contribution >= 4 is 42.1 Å². The number of carbonyl (C=O) groups is 4. The van der Waals surface area contributed by atoms with Crippen LogP contribution < -0.4 is 21.7 Å². The molecular weight excluding hydrogens is 843 g/mol. The first-order chi connectivity index (χ1) is 19.7. The van der Waals surface area contributed by atoms with E-state index in [1.807, 2.05) is 20.3 Å². The molecule has 1 rings (SSSR count). The molecule has 48 heavy (non-hydrogen) atoms. The number of hydrogen-bond donors (Lipinski definition) is 4. The van der Waals surface area contributed by atoms with Crippen LogP contribution >= 0.6 is 0 Å². The van der Waals surface area contributed by atoms with Gasteiger partial charge in [0, 0.05) is 123 Å². The van der Waals surface area contributed by atoms with E-state index in [1.165, 1.54) is 0 Å². The normalized spacial score (nSPS) is 10.1. The molecule has 0 saturated heterocycles. The second-order valence-corrected chi connectivity index (χ2v) is 10.6. The Labute approximate surface area is 367 Å². The molecule has 0 aliphatic carbocycles. The summed E-state index contributed by atoms with van der Waals surface area (Å²) in [6.45, 7) is 15.1. The molecule has 0 bridgehead atoms. The van der Waals surface area contributed by atoms with Gasteiger partial charge in [0.05, 0.1) is 12.0 Å². The van der Waals surface area contributed by atoms with Gasteiger partial charge < -0.3 is 64.7 Å². The Morgan fingerprint density at radius 3 is 1.75 bits per heavy atom. The molecule has 0 heterocycles. The van der Waals surface area contributed by atoms with Crippen LogP contribution in [0.1, 0.15) is 80.2 Å². The molecule has 271 valence electrons. The van der Waals surface area contributed by atoms with Crippen LogP contribution in [0.3, 0.4) is 0 Å². The molecule has 0 aromatic heterocycles. The molecule has 14 heteroatoms. The number of urea groups is 1. The number of primary amides is 1. The van der Waals surface area contributed by atoms with E-state index in [4.69, 9.17) is 10.5 Å². The van der Waals surface area contributed by atoms with E-state index in [2.05, 4.69) is 16.0 Å². The zero-order valence-corrected chi connectivity index (χ0v) is 39.5. The first kappa shape index (κ1) is 65.9. The Morgan fingerprint density at radius 2 is 1.38 bits per heavy atom. The van der Waals surface area contributed by atoms with Gasteiger partial charge in [-0.25, -0.2) is 4.79 Å². The second kappa shape index (κ2) is 41.0. The summed E-state index contributed by atoms with van der Waals surface area (Å²) in [5.41, 5.74) is 6.36. The van der Waals surface area contributed by atoms with Gasteiger partial charge in [0.1, 0.15) is 6.61 Å². The van der Waals surface area contributed by atoms with Crippen LogP contribution in [-0.2, 0) is 133 Å². The van der Waals surface area contributed by atoms with Crippen LogP contribution in [0.5, 0.6) is 0 Å². The summed E-state index contributed by atoms with van der Waals surface area (Å²) in [7, 11) is 0. The maximum absolute atomic E-state index is 13.0. The minimum absolute atomic E-state index is 0. The summed E-state index contributed by atoms with van der Waals surface area (Å²) in [5.74, 6) is -1.90. The molecule has 1 aromatic rings. The van der Waals surface area contributed by atoms with Crippen molar-refractivity contribution in [2.24, 2.45) is 29.4 Å². The van der Waals surface area contributed by atoms with Crippen LogP contribution in [0.4, 0.5) is 10.5 Å². The van der Waals surface area contributed by atoms with Gasteiger partial charge in [-0.15, -0.1) is 5.92 Å². The molecule has 0 aliphatic rings. The molecule has 2 atom stereocenters. The van der Waals surface area contributed by atoms with Gasteiger partial charge in [-0.3, -0.25) is 20.7 Å². The Bertz CT molecular complexity index is 965. The quantitative estimate of drug-likeness (QED) is 0.0749. The Hall–Kier alpha value is -0.448. The fourth-order valence-corrected chi connectivity index (χ4v) is 3.19. The topological polar surface area (TPSA) is 174 Å². The predicted octanol–water partition coefficient (Wildman–Crippen LogP) is 5.36. The van der Waals surface area contributed by atoms with Gasteiger partial charge in [0.25, 0.3) is 0 Å². The molecule has 0 fully saturated rings. The third-order valence-corrected chi connectivity index (χ3v) is 5.38. The number of carbonyl (C=O) groups excluding carboxylic acids is 6. The smallest absolute Gasteiger partial charge is 0.312 e. The minimum atomic E-state index is -0.746. The molecule has 4 amide bonds. The molecular formula is C34H58N4O7Y3-6. The number of hydrogen-bond acceptors (Lipinski definition) is 7. The molecule has 0 spiro atoms. The van der Waals surface area contributed by atoms with E-state index < -0.39 is 18.0 Å². The molecule has 0 aliphatic heterocycles. The monoisotopic (exact) mass is 901 g/mol. The summed E-state index contributed by atoms with van der Waals surface area (Å²) in [4.78, 5) is 68.3. The van der Waals surface area contributed by atoms with E-state index >= 15 is 0 Å². The minimum Gasteiger partial charge on any atom is -0.542 e. The Kier molecular flexibility index (Phi) is 56.2. The number of amides is 4. The van der Waals surface area contributed by atoms with E-state index in [1.54, 1.807) is 78.5 Å². The molecule has 1 aromatic carbocycles. The first-order valence-electron chi connectivity index (χ1n) is 14.1. The number of Topliss-reactive ketones (excluding diaryl/α,β-unsaturated/α-hetero) is 1. The third-order valence-electron chi connectivity index (χ3n) is 5.38. The van der Waals surface area contributed by atoms with Crippen molar-refractivity contribution in [3.63, 3.8) is 0 Å². The standard InChI is InChI=1S/C24H35N4O6.C4H7O.C3H7.3CH3.3Y/c1-15(2)21(27-14-29)20(30)12-18(6-5-11-26-24(25)33)22(31)28-19-9-7-17(8-10-19)13-34-23(32)16(3)4;1-4(2)3-5;1-3-2;;;;;;/h7-10,15-16,18,21H,5-6,11-13H2,1-4H3,(H,27,29)(H,28,31)(H3,25,26,33);4H,1-2H3;3H,1-2H3;3*1H3;;;/q6*-1;;;/t18-,21+;;;;;;;;/m1......../s1. The molecule has 11 nitrogen and oxygen atoms in total. The van der Waals surface area contributed by atoms with Crippen LogP contribution in [0.2, 0.25) is 0 Å². The molecule has 0 unspecified atom stereocenters. The number of ketones is 1. The zero-order chi connectivity index (χ0) is 32.7. The number of nitrogens with two attached hydrogens (primary N) is 1. The maximum Gasteiger partial charge on any atom is 0.312 e. The number of esters is 1. The Balaban J connectivity index is -0.000000171. The summed E-state index contributed by atoms with van der Waals surface area (Å²) in [5, 5.41) is 7.65. The molecule has 3 radical (unpaired) electrons. The number of rotatable bonds is 16. The zero-order valence-electron chi connectivity index (χ0n) is 31.0. The van der Waals surface area contributed by atoms with Crippen LogP contribution in [-0.4, -0.2) is 49.0 Å². The van der Waals surface area contributed by atoms with Crippen LogP contribution in [0, 0.1) is 52.4 Å². The predicted molar refractivity (Wildman–Crippen MR) is 183 cm³/mol. The van der Waals surface area contributed by atoms with E-state index in [-0.39, 0.29) is 175 Å². The fourth-order valence-electron chi connectivity index (χ4n) is 3.19. The van der Waals surface area contributed by atoms with Crippen molar-refractivity contribution in [3.05, 3.63) is 58.5 Å². The van der Waals surface area contributed by atoms with Gasteiger partial charge in [-0.05, 0) is 36.5 Å². The number of anilines is 1. The third kappa shape index (κ3) is 35.4. The van der Waals surface area contributed by atoms with Gasteiger partial charge in [0.15, 0.2) is 5.78 Å². The average molecular weight is 902 g/mol. The van der Waals surface area contributed by atoms with Crippen molar-refractivity contribution in [3.8, 4) is 0 Å². The van der Waals surface area contributed by atoms with Crippen molar-refractivity contribution in [1.29, 1.82) is 0 Å². The van der Waals surface area contributed by atoms with Gasteiger partial charge in [-0.1, -0.05) is 53.7 Å². The van der Waals surface area contributed by atoms with Gasteiger partial charge >= 0.3 is 12.0 Å². The van der Waals surface area contributed by atoms with Crippen molar-refractivity contribution < 1.29 is 132 Å². The maximum atomic E-state index is 13.0. The van der Waals surface area contributed by atoms with E-state index in [9.17, 15) is 28.8 Å². The number of ether oxygens (including phenoxy) is 1. The summed E-state index contributed by atoms with van der Waals surface area (Å²) < 4.78 is 5.19. The second-order valence-electron chi connectivity index (χ2n) is 10.6. The van der Waals surface area contributed by atoms with Crippen molar-refractivity contribution in [2.75, 3.05) is 11.9 Å². The van der Waals surface area contributed by atoms with E-state index in [0.717, 1.165) is 5.56 Å².